The third-order valence-electron chi connectivity index (χ3n) is 4.56. The van der Waals surface area contributed by atoms with E-state index in [0.29, 0.717) is 28.0 Å². The van der Waals surface area contributed by atoms with Crippen LogP contribution in [0.25, 0.3) is 0 Å². The summed E-state index contributed by atoms with van der Waals surface area (Å²) in [5.41, 5.74) is 0.685. The fourth-order valence-corrected chi connectivity index (χ4v) is 4.10. The van der Waals surface area contributed by atoms with Gasteiger partial charge in [-0.25, -0.2) is 8.42 Å². The zero-order valence-corrected chi connectivity index (χ0v) is 19.7. The minimum absolute atomic E-state index is 0.0154. The first-order valence-corrected chi connectivity index (χ1v) is 11.7. The predicted octanol–water partition coefficient (Wildman–Crippen LogP) is 4.56. The van der Waals surface area contributed by atoms with E-state index in [-0.39, 0.29) is 10.6 Å². The van der Waals surface area contributed by atoms with Crippen molar-refractivity contribution >= 4 is 38.9 Å². The number of amides is 1. The first-order chi connectivity index (χ1) is 15.7. The fourth-order valence-electron chi connectivity index (χ4n) is 2.85. The van der Waals surface area contributed by atoms with Crippen molar-refractivity contribution < 1.29 is 27.4 Å². The third-order valence-corrected chi connectivity index (χ3v) is 6.18. The summed E-state index contributed by atoms with van der Waals surface area (Å²) >= 11 is 5.92. The lowest BCUT2D eigenvalue weighted by Gasteiger charge is -2.15. The van der Waals surface area contributed by atoms with Gasteiger partial charge in [0.25, 0.3) is 15.9 Å². The summed E-state index contributed by atoms with van der Waals surface area (Å²) < 4.78 is 44.0. The molecule has 0 aliphatic carbocycles. The number of hydrogen-bond donors (Lipinski definition) is 2. The van der Waals surface area contributed by atoms with Gasteiger partial charge in [0.1, 0.15) is 17.2 Å². The Morgan fingerprint density at radius 1 is 0.939 bits per heavy atom. The largest absolute Gasteiger partial charge is 0.497 e. The van der Waals surface area contributed by atoms with Crippen molar-refractivity contribution in [1.82, 2.24) is 0 Å². The molecule has 0 fully saturated rings. The van der Waals surface area contributed by atoms with Gasteiger partial charge < -0.3 is 19.5 Å². The molecule has 2 N–H and O–H groups in total. The van der Waals surface area contributed by atoms with Crippen LogP contribution in [0, 0.1) is 0 Å². The fraction of sp³-hybridized carbons (Fsp3) is 0.174. The summed E-state index contributed by atoms with van der Waals surface area (Å²) in [5, 5.41) is 3.19. The highest BCUT2D eigenvalue weighted by molar-refractivity contribution is 7.92. The van der Waals surface area contributed by atoms with Crippen LogP contribution in [-0.4, -0.2) is 34.6 Å². The van der Waals surface area contributed by atoms with Crippen LogP contribution in [0.15, 0.2) is 71.6 Å². The van der Waals surface area contributed by atoms with Gasteiger partial charge in [-0.15, -0.1) is 0 Å². The molecule has 33 heavy (non-hydrogen) atoms. The van der Waals surface area contributed by atoms with Crippen molar-refractivity contribution in [2.45, 2.75) is 17.9 Å². The van der Waals surface area contributed by atoms with Crippen molar-refractivity contribution in [2.75, 3.05) is 24.3 Å². The quantitative estimate of drug-likeness (QED) is 0.455. The molecule has 3 aromatic rings. The number of ether oxygens (including phenoxy) is 3. The van der Waals surface area contributed by atoms with E-state index in [0.717, 1.165) is 0 Å². The van der Waals surface area contributed by atoms with Crippen molar-refractivity contribution in [3.8, 4) is 17.2 Å². The highest BCUT2D eigenvalue weighted by Gasteiger charge is 2.19. The lowest BCUT2D eigenvalue weighted by molar-refractivity contribution is -0.122. The van der Waals surface area contributed by atoms with Crippen molar-refractivity contribution in [1.29, 1.82) is 0 Å². The van der Waals surface area contributed by atoms with Crippen LogP contribution < -0.4 is 24.2 Å². The van der Waals surface area contributed by atoms with Crippen LogP contribution in [0.3, 0.4) is 0 Å². The summed E-state index contributed by atoms with van der Waals surface area (Å²) in [4.78, 5) is 12.4. The Kier molecular flexibility index (Phi) is 7.67. The Morgan fingerprint density at radius 3 is 2.30 bits per heavy atom. The molecule has 0 radical (unpaired) electrons. The Balaban J connectivity index is 1.67. The maximum Gasteiger partial charge on any atom is 0.265 e. The second kappa shape index (κ2) is 10.5. The smallest absolute Gasteiger partial charge is 0.265 e. The molecule has 3 rings (SSSR count). The van der Waals surface area contributed by atoms with Gasteiger partial charge in [0.15, 0.2) is 6.10 Å². The summed E-state index contributed by atoms with van der Waals surface area (Å²) in [7, 11) is -0.958. The van der Waals surface area contributed by atoms with Crippen LogP contribution in [-0.2, 0) is 14.8 Å². The highest BCUT2D eigenvalue weighted by atomic mass is 35.5. The number of methoxy groups -OCH3 is 2. The van der Waals surface area contributed by atoms with E-state index in [1.54, 1.807) is 49.4 Å². The molecule has 0 unspecified atom stereocenters. The van der Waals surface area contributed by atoms with Gasteiger partial charge in [0.2, 0.25) is 0 Å². The van der Waals surface area contributed by atoms with Crippen LogP contribution >= 0.6 is 11.6 Å². The molecule has 0 saturated carbocycles. The maximum atomic E-state index is 12.8. The number of anilines is 2. The molecule has 0 aliphatic heterocycles. The number of rotatable bonds is 9. The van der Waals surface area contributed by atoms with E-state index >= 15 is 0 Å². The Morgan fingerprint density at radius 2 is 1.67 bits per heavy atom. The lowest BCUT2D eigenvalue weighted by Crippen LogP contribution is -2.30. The van der Waals surface area contributed by atoms with E-state index in [1.807, 2.05) is 0 Å². The van der Waals surface area contributed by atoms with E-state index in [1.165, 1.54) is 38.5 Å². The van der Waals surface area contributed by atoms with Crippen molar-refractivity contribution in [3.63, 3.8) is 0 Å². The Labute approximate surface area is 197 Å². The van der Waals surface area contributed by atoms with Gasteiger partial charge >= 0.3 is 0 Å². The molecule has 1 atom stereocenters. The summed E-state index contributed by atoms with van der Waals surface area (Å²) in [6, 6.07) is 17.2. The standard InChI is InChI=1S/C23H23ClN2O6S/c1-15(32-19-6-4-5-16(24)13-19)23(27)25-17-7-10-20(11-8-17)33(28,29)26-21-12-9-18(30-2)14-22(21)31-3/h4-15,26H,1-3H3,(H,25,27)/t15-/m0/s1. The molecule has 0 spiro atoms. The van der Waals surface area contributed by atoms with Gasteiger partial charge in [-0.2, -0.15) is 0 Å². The molecule has 0 aromatic heterocycles. The van der Waals surface area contributed by atoms with Crippen molar-refractivity contribution in [3.05, 3.63) is 71.8 Å². The first-order valence-electron chi connectivity index (χ1n) is 9.80. The number of hydrogen-bond acceptors (Lipinski definition) is 6. The minimum atomic E-state index is -3.89. The number of carbonyl (C=O) groups excluding carboxylic acids is 1. The summed E-state index contributed by atoms with van der Waals surface area (Å²) in [6.07, 6.45) is -0.795. The molecule has 0 bridgehead atoms. The van der Waals surface area contributed by atoms with Crippen molar-refractivity contribution in [2.24, 2.45) is 0 Å². The molecule has 10 heteroatoms. The average molecular weight is 491 g/mol. The van der Waals surface area contributed by atoms with Crippen LogP contribution in [0.5, 0.6) is 17.2 Å². The predicted molar refractivity (Wildman–Crippen MR) is 127 cm³/mol. The molecular formula is C23H23ClN2O6S. The monoisotopic (exact) mass is 490 g/mol. The number of carbonyl (C=O) groups is 1. The summed E-state index contributed by atoms with van der Waals surface area (Å²) in [5.74, 6) is 0.914. The lowest BCUT2D eigenvalue weighted by atomic mass is 10.3. The normalized spacial score (nSPS) is 11.9. The highest BCUT2D eigenvalue weighted by Crippen LogP contribution is 2.31. The first kappa shape index (κ1) is 24.2. The van der Waals surface area contributed by atoms with E-state index < -0.39 is 22.0 Å². The van der Waals surface area contributed by atoms with Gasteiger partial charge in [0, 0.05) is 16.8 Å². The van der Waals surface area contributed by atoms with Crippen LogP contribution in [0.2, 0.25) is 5.02 Å². The molecule has 0 aliphatic rings. The zero-order valence-electron chi connectivity index (χ0n) is 18.2. The second-order valence-electron chi connectivity index (χ2n) is 6.90. The SMILES string of the molecule is COc1ccc(NS(=O)(=O)c2ccc(NC(=O)[C@H](C)Oc3cccc(Cl)c3)cc2)c(OC)c1. The third kappa shape index (κ3) is 6.30. The Bertz CT molecular complexity index is 1230. The topological polar surface area (TPSA) is 103 Å². The van der Waals surface area contributed by atoms with Gasteiger partial charge in [-0.3, -0.25) is 9.52 Å². The van der Waals surface area contributed by atoms with Gasteiger partial charge in [0.05, 0.1) is 24.8 Å². The molecule has 0 heterocycles. The average Bonchev–Trinajstić information content (AvgIpc) is 2.79. The number of benzene rings is 3. The molecule has 174 valence electrons. The number of sulfonamides is 1. The van der Waals surface area contributed by atoms with Crippen LogP contribution in [0.4, 0.5) is 11.4 Å². The summed E-state index contributed by atoms with van der Waals surface area (Å²) in [6.45, 7) is 1.60. The Hall–Kier alpha value is -3.43. The van der Waals surface area contributed by atoms with Gasteiger partial charge in [-0.05, 0) is 61.5 Å². The molecule has 3 aromatic carbocycles. The zero-order chi connectivity index (χ0) is 24.0. The molecule has 1 amide bonds. The molecule has 0 saturated heterocycles. The van der Waals surface area contributed by atoms with Crippen LogP contribution in [0.1, 0.15) is 6.92 Å². The number of nitrogens with one attached hydrogen (secondary N) is 2. The molecular weight excluding hydrogens is 468 g/mol. The van der Waals surface area contributed by atoms with Gasteiger partial charge in [-0.1, -0.05) is 17.7 Å². The second-order valence-corrected chi connectivity index (χ2v) is 9.02. The van der Waals surface area contributed by atoms with E-state index in [2.05, 4.69) is 10.0 Å². The minimum Gasteiger partial charge on any atom is -0.497 e. The molecule has 8 nitrogen and oxygen atoms in total. The van der Waals surface area contributed by atoms with E-state index in [4.69, 9.17) is 25.8 Å². The van der Waals surface area contributed by atoms with E-state index in [9.17, 15) is 13.2 Å². The number of halogens is 1. The maximum absolute atomic E-state index is 12.8.